The summed E-state index contributed by atoms with van der Waals surface area (Å²) in [6.07, 6.45) is 3.74. The molecular weight excluding hydrogens is 474 g/mol. The fourth-order valence-electron chi connectivity index (χ4n) is 3.64. The summed E-state index contributed by atoms with van der Waals surface area (Å²) in [5.41, 5.74) is 0.449. The highest BCUT2D eigenvalue weighted by Gasteiger charge is 2.33. The summed E-state index contributed by atoms with van der Waals surface area (Å²) in [5, 5.41) is 11.9. The molecule has 168 valence electrons. The van der Waals surface area contributed by atoms with E-state index in [2.05, 4.69) is 4.90 Å². The summed E-state index contributed by atoms with van der Waals surface area (Å²) in [6, 6.07) is 12.8. The number of aromatic nitrogens is 2. The molecule has 0 bridgehead atoms. The molecular formula is C20H20ClN5O4S2. The Kier molecular flexibility index (Phi) is 6.45. The molecule has 0 N–H and O–H groups in total. The zero-order chi connectivity index (χ0) is 22.9. The Bertz CT molecular complexity index is 1310. The zero-order valence-electron chi connectivity index (χ0n) is 16.9. The highest BCUT2D eigenvalue weighted by Crippen LogP contribution is 2.27. The minimum absolute atomic E-state index is 0.233. The molecule has 1 aliphatic rings. The van der Waals surface area contributed by atoms with Crippen LogP contribution in [0.25, 0.3) is 5.69 Å². The molecule has 1 fully saturated rings. The number of rotatable bonds is 6. The van der Waals surface area contributed by atoms with Crippen LogP contribution in [0.2, 0.25) is 5.02 Å². The quantitative estimate of drug-likeness (QED) is 0.296. The van der Waals surface area contributed by atoms with Gasteiger partial charge in [0.1, 0.15) is 0 Å². The molecule has 3 aromatic rings. The Morgan fingerprint density at radius 2 is 1.75 bits per heavy atom. The Morgan fingerprint density at radius 1 is 1.03 bits per heavy atom. The van der Waals surface area contributed by atoms with Crippen molar-refractivity contribution in [2.75, 3.05) is 26.2 Å². The summed E-state index contributed by atoms with van der Waals surface area (Å²) in [4.78, 5) is 12.4. The van der Waals surface area contributed by atoms with Crippen molar-refractivity contribution in [1.82, 2.24) is 18.3 Å². The van der Waals surface area contributed by atoms with Crippen LogP contribution in [0, 0.1) is 14.9 Å². The molecule has 0 aliphatic carbocycles. The van der Waals surface area contributed by atoms with Crippen molar-refractivity contribution in [3.63, 3.8) is 0 Å². The molecule has 32 heavy (non-hydrogen) atoms. The van der Waals surface area contributed by atoms with Crippen molar-refractivity contribution in [3.8, 4) is 5.69 Å². The van der Waals surface area contributed by atoms with Gasteiger partial charge in [-0.05, 0) is 36.5 Å². The number of piperazine rings is 1. The number of nitro groups is 1. The van der Waals surface area contributed by atoms with Gasteiger partial charge in [0.05, 0.1) is 11.6 Å². The van der Waals surface area contributed by atoms with Gasteiger partial charge in [-0.15, -0.1) is 0 Å². The van der Waals surface area contributed by atoms with Crippen LogP contribution in [0.15, 0.2) is 65.8 Å². The van der Waals surface area contributed by atoms with E-state index in [9.17, 15) is 18.5 Å². The van der Waals surface area contributed by atoms with Crippen LogP contribution < -0.4 is 0 Å². The third kappa shape index (κ3) is 4.48. The second kappa shape index (κ2) is 9.12. The van der Waals surface area contributed by atoms with Crippen LogP contribution in [0.4, 0.5) is 5.69 Å². The first-order valence-corrected chi connectivity index (χ1v) is 12.0. The number of nitrogens with zero attached hydrogens (tertiary/aromatic N) is 5. The Labute approximate surface area is 195 Å². The van der Waals surface area contributed by atoms with Gasteiger partial charge in [0.25, 0.3) is 5.69 Å². The first-order valence-electron chi connectivity index (χ1n) is 9.77. The average Bonchev–Trinajstić information content (AvgIpc) is 3.14. The summed E-state index contributed by atoms with van der Waals surface area (Å²) < 4.78 is 31.6. The molecule has 0 spiro atoms. The molecule has 1 aromatic heterocycles. The second-order valence-electron chi connectivity index (χ2n) is 7.29. The fraction of sp³-hybridized carbons (Fsp3) is 0.250. The number of hydrogen-bond acceptors (Lipinski definition) is 6. The highest BCUT2D eigenvalue weighted by molar-refractivity contribution is 7.89. The fourth-order valence-corrected chi connectivity index (χ4v) is 5.68. The molecule has 0 atom stereocenters. The van der Waals surface area contributed by atoms with E-state index in [-0.39, 0.29) is 18.0 Å². The van der Waals surface area contributed by atoms with Crippen LogP contribution in [0.3, 0.4) is 0 Å². The first kappa shape index (κ1) is 22.6. The average molecular weight is 494 g/mol. The largest absolute Gasteiger partial charge is 0.310 e. The lowest BCUT2D eigenvalue weighted by atomic mass is 10.3. The number of imidazole rings is 1. The van der Waals surface area contributed by atoms with Gasteiger partial charge in [-0.2, -0.15) is 4.31 Å². The number of halogens is 1. The summed E-state index contributed by atoms with van der Waals surface area (Å²) >= 11 is 11.7. The van der Waals surface area contributed by atoms with Gasteiger partial charge in [-0.3, -0.25) is 19.6 Å². The predicted octanol–water partition coefficient (Wildman–Crippen LogP) is 3.53. The standard InChI is InChI=1S/C20H20ClN5O4S2/c21-16-4-3-5-17(14-16)25-13-10-23(20(25)31)15-22-8-11-24(12-9-22)32(29,30)19-7-2-1-6-18(19)26(27)28/h1-7,10,13-14H,8-9,11-12,15H2. The Balaban J connectivity index is 1.45. The monoisotopic (exact) mass is 493 g/mol. The Morgan fingerprint density at radius 3 is 2.44 bits per heavy atom. The van der Waals surface area contributed by atoms with Gasteiger partial charge < -0.3 is 4.57 Å². The summed E-state index contributed by atoms with van der Waals surface area (Å²) in [7, 11) is -3.96. The molecule has 1 saturated heterocycles. The summed E-state index contributed by atoms with van der Waals surface area (Å²) in [5.74, 6) is 0. The van der Waals surface area contributed by atoms with Gasteiger partial charge >= 0.3 is 0 Å². The maximum Gasteiger partial charge on any atom is 0.289 e. The Hall–Kier alpha value is -2.57. The second-order valence-corrected chi connectivity index (χ2v) is 10.00. The van der Waals surface area contributed by atoms with Crippen molar-refractivity contribution >= 4 is 39.5 Å². The van der Waals surface area contributed by atoms with E-state index < -0.39 is 20.6 Å². The van der Waals surface area contributed by atoms with Crippen molar-refractivity contribution < 1.29 is 13.3 Å². The topological polar surface area (TPSA) is 93.6 Å². The first-order chi connectivity index (χ1) is 15.3. The molecule has 0 unspecified atom stereocenters. The van der Waals surface area contributed by atoms with Gasteiger partial charge in [-0.25, -0.2) is 8.42 Å². The zero-order valence-corrected chi connectivity index (χ0v) is 19.3. The van der Waals surface area contributed by atoms with Crippen molar-refractivity contribution in [3.05, 3.63) is 80.8 Å². The van der Waals surface area contributed by atoms with Crippen molar-refractivity contribution in [2.45, 2.75) is 11.6 Å². The maximum atomic E-state index is 13.0. The number of para-hydroxylation sites is 1. The van der Waals surface area contributed by atoms with Crippen LogP contribution >= 0.6 is 23.8 Å². The van der Waals surface area contributed by atoms with E-state index in [4.69, 9.17) is 23.8 Å². The molecule has 2 aromatic carbocycles. The van der Waals surface area contributed by atoms with Crippen LogP contribution in [0.1, 0.15) is 0 Å². The lowest BCUT2D eigenvalue weighted by molar-refractivity contribution is -0.387. The molecule has 12 heteroatoms. The van der Waals surface area contributed by atoms with E-state index in [1.54, 1.807) is 6.07 Å². The number of sulfonamides is 1. The van der Waals surface area contributed by atoms with Gasteiger partial charge in [0.15, 0.2) is 9.67 Å². The SMILES string of the molecule is O=[N+]([O-])c1ccccc1S(=O)(=O)N1CCN(Cn2ccn(-c3cccc(Cl)c3)c2=S)CC1. The number of benzene rings is 2. The number of hydrogen-bond donors (Lipinski definition) is 0. The van der Waals surface area contributed by atoms with E-state index in [1.807, 2.05) is 39.7 Å². The maximum absolute atomic E-state index is 13.0. The van der Waals surface area contributed by atoms with E-state index in [1.165, 1.54) is 28.6 Å². The normalized spacial score (nSPS) is 15.7. The molecule has 9 nitrogen and oxygen atoms in total. The minimum atomic E-state index is -3.96. The van der Waals surface area contributed by atoms with Crippen LogP contribution in [0.5, 0.6) is 0 Å². The third-order valence-electron chi connectivity index (χ3n) is 5.30. The van der Waals surface area contributed by atoms with Crippen LogP contribution in [-0.2, 0) is 16.7 Å². The van der Waals surface area contributed by atoms with Gasteiger partial charge in [0, 0.05) is 55.3 Å². The predicted molar refractivity (Wildman–Crippen MR) is 123 cm³/mol. The van der Waals surface area contributed by atoms with Crippen LogP contribution in [-0.4, -0.2) is 57.9 Å². The molecule has 4 rings (SSSR count). The van der Waals surface area contributed by atoms with E-state index >= 15 is 0 Å². The molecule has 0 amide bonds. The minimum Gasteiger partial charge on any atom is -0.310 e. The highest BCUT2D eigenvalue weighted by atomic mass is 35.5. The lowest BCUT2D eigenvalue weighted by Crippen LogP contribution is -2.48. The smallest absolute Gasteiger partial charge is 0.289 e. The molecule has 2 heterocycles. The third-order valence-corrected chi connectivity index (χ3v) is 7.91. The number of nitro benzene ring substituents is 1. The molecule has 0 radical (unpaired) electrons. The summed E-state index contributed by atoms with van der Waals surface area (Å²) in [6.45, 7) is 1.92. The van der Waals surface area contributed by atoms with Crippen molar-refractivity contribution in [1.29, 1.82) is 0 Å². The van der Waals surface area contributed by atoms with Gasteiger partial charge in [0.2, 0.25) is 10.0 Å². The van der Waals surface area contributed by atoms with E-state index in [0.29, 0.717) is 29.6 Å². The lowest BCUT2D eigenvalue weighted by Gasteiger charge is -2.33. The molecule has 1 aliphatic heterocycles. The van der Waals surface area contributed by atoms with Gasteiger partial charge in [-0.1, -0.05) is 29.8 Å². The van der Waals surface area contributed by atoms with E-state index in [0.717, 1.165) is 5.69 Å². The van der Waals surface area contributed by atoms with Crippen molar-refractivity contribution in [2.24, 2.45) is 0 Å². The molecule has 0 saturated carbocycles.